The lowest BCUT2D eigenvalue weighted by Crippen LogP contribution is -2.02. The summed E-state index contributed by atoms with van der Waals surface area (Å²) >= 11 is 11.9. The van der Waals surface area contributed by atoms with E-state index in [1.807, 2.05) is 13.0 Å². The second kappa shape index (κ2) is 5.65. The molecule has 0 aliphatic carbocycles. The molecule has 0 aliphatic rings. The Morgan fingerprint density at radius 3 is 2.61 bits per heavy atom. The quantitative estimate of drug-likeness (QED) is 0.941. The maximum atomic E-state index is 9.11. The predicted molar refractivity (Wildman–Crippen MR) is 72.0 cm³/mol. The lowest BCUT2D eigenvalue weighted by atomic mass is 10.1. The number of benzene rings is 1. The minimum absolute atomic E-state index is 0.0925. The van der Waals surface area contributed by atoms with E-state index in [0.29, 0.717) is 28.0 Å². The number of aliphatic hydroxyl groups excluding tert-OH is 1. The number of rotatable bonds is 3. The fraction of sp³-hybridized carbons (Fsp3) is 0.231. The fourth-order valence-electron chi connectivity index (χ4n) is 1.70. The summed E-state index contributed by atoms with van der Waals surface area (Å²) in [7, 11) is 0. The van der Waals surface area contributed by atoms with Crippen molar-refractivity contribution >= 4 is 23.2 Å². The monoisotopic (exact) mass is 282 g/mol. The summed E-state index contributed by atoms with van der Waals surface area (Å²) in [4.78, 5) is 8.58. The predicted octanol–water partition coefficient (Wildman–Crippen LogP) is 3.17. The van der Waals surface area contributed by atoms with Crippen LogP contribution < -0.4 is 0 Å². The average Bonchev–Trinajstić information content (AvgIpc) is 2.32. The Bertz CT molecular complexity index is 573. The highest BCUT2D eigenvalue weighted by Crippen LogP contribution is 2.22. The van der Waals surface area contributed by atoms with Gasteiger partial charge < -0.3 is 5.11 Å². The summed E-state index contributed by atoms with van der Waals surface area (Å²) in [6, 6.07) is 7.09. The van der Waals surface area contributed by atoms with Crippen molar-refractivity contribution in [2.45, 2.75) is 20.0 Å². The van der Waals surface area contributed by atoms with Crippen molar-refractivity contribution in [1.29, 1.82) is 0 Å². The molecule has 0 amide bonds. The molecular formula is C13H12Cl2N2O. The standard InChI is InChI=1S/C13H12Cl2N2O/c1-8-4-11(7-18)17-13(16-8)5-9-2-3-10(14)6-12(9)15/h2-4,6,18H,5,7H2,1H3. The molecule has 2 aromatic rings. The second-order valence-corrected chi connectivity index (χ2v) is 4.83. The summed E-state index contributed by atoms with van der Waals surface area (Å²) in [5.41, 5.74) is 2.35. The van der Waals surface area contributed by atoms with Gasteiger partial charge in [-0.25, -0.2) is 9.97 Å². The molecule has 3 nitrogen and oxygen atoms in total. The van der Waals surface area contributed by atoms with Crippen LogP contribution in [-0.2, 0) is 13.0 Å². The van der Waals surface area contributed by atoms with Crippen LogP contribution in [0.3, 0.4) is 0 Å². The zero-order valence-electron chi connectivity index (χ0n) is 9.82. The summed E-state index contributed by atoms with van der Waals surface area (Å²) in [5, 5.41) is 10.3. The summed E-state index contributed by atoms with van der Waals surface area (Å²) in [5.74, 6) is 0.642. The molecule has 94 valence electrons. The average molecular weight is 283 g/mol. The summed E-state index contributed by atoms with van der Waals surface area (Å²) in [6.07, 6.45) is 0.519. The molecule has 0 saturated carbocycles. The number of hydrogen-bond acceptors (Lipinski definition) is 3. The minimum atomic E-state index is -0.0925. The van der Waals surface area contributed by atoms with Crippen molar-refractivity contribution < 1.29 is 5.11 Å². The van der Waals surface area contributed by atoms with Gasteiger partial charge in [0.25, 0.3) is 0 Å². The third kappa shape index (κ3) is 3.19. The van der Waals surface area contributed by atoms with E-state index in [-0.39, 0.29) is 6.61 Å². The largest absolute Gasteiger partial charge is 0.390 e. The van der Waals surface area contributed by atoms with E-state index < -0.39 is 0 Å². The van der Waals surface area contributed by atoms with E-state index in [4.69, 9.17) is 28.3 Å². The van der Waals surface area contributed by atoms with E-state index >= 15 is 0 Å². The van der Waals surface area contributed by atoms with Crippen molar-refractivity contribution in [3.63, 3.8) is 0 Å². The molecule has 1 aromatic heterocycles. The van der Waals surface area contributed by atoms with Crippen molar-refractivity contribution in [3.05, 3.63) is 57.1 Å². The van der Waals surface area contributed by atoms with Gasteiger partial charge in [0.05, 0.1) is 12.3 Å². The van der Waals surface area contributed by atoms with Crippen LogP contribution in [0.25, 0.3) is 0 Å². The summed E-state index contributed by atoms with van der Waals surface area (Å²) in [6.45, 7) is 1.78. The van der Waals surface area contributed by atoms with E-state index in [2.05, 4.69) is 9.97 Å². The van der Waals surface area contributed by atoms with Gasteiger partial charge in [-0.05, 0) is 30.7 Å². The van der Waals surface area contributed by atoms with Crippen LogP contribution in [0, 0.1) is 6.92 Å². The molecular weight excluding hydrogens is 271 g/mol. The van der Waals surface area contributed by atoms with Crippen LogP contribution in [0.1, 0.15) is 22.8 Å². The first-order valence-electron chi connectivity index (χ1n) is 5.46. The highest BCUT2D eigenvalue weighted by atomic mass is 35.5. The number of nitrogens with zero attached hydrogens (tertiary/aromatic N) is 2. The van der Waals surface area contributed by atoms with Gasteiger partial charge in [0.1, 0.15) is 5.82 Å². The van der Waals surface area contributed by atoms with Crippen LogP contribution >= 0.6 is 23.2 Å². The van der Waals surface area contributed by atoms with Crippen LogP contribution in [0.5, 0.6) is 0 Å². The van der Waals surface area contributed by atoms with Crippen LogP contribution in [0.15, 0.2) is 24.3 Å². The van der Waals surface area contributed by atoms with E-state index in [0.717, 1.165) is 11.3 Å². The van der Waals surface area contributed by atoms with Crippen molar-refractivity contribution in [1.82, 2.24) is 9.97 Å². The molecule has 0 fully saturated rings. The van der Waals surface area contributed by atoms with Crippen molar-refractivity contribution in [3.8, 4) is 0 Å². The Hall–Kier alpha value is -1.16. The minimum Gasteiger partial charge on any atom is -0.390 e. The molecule has 5 heteroatoms. The molecule has 0 saturated heterocycles. The van der Waals surface area contributed by atoms with Gasteiger partial charge >= 0.3 is 0 Å². The van der Waals surface area contributed by atoms with E-state index in [1.54, 1.807) is 18.2 Å². The SMILES string of the molecule is Cc1cc(CO)nc(Cc2ccc(Cl)cc2Cl)n1. The van der Waals surface area contributed by atoms with Crippen LogP contribution in [0.4, 0.5) is 0 Å². The van der Waals surface area contributed by atoms with Crippen molar-refractivity contribution in [2.75, 3.05) is 0 Å². The Morgan fingerprint density at radius 2 is 1.94 bits per heavy atom. The molecule has 18 heavy (non-hydrogen) atoms. The van der Waals surface area contributed by atoms with Gasteiger partial charge in [-0.2, -0.15) is 0 Å². The molecule has 1 aromatic carbocycles. The normalized spacial score (nSPS) is 10.7. The smallest absolute Gasteiger partial charge is 0.133 e. The van der Waals surface area contributed by atoms with Gasteiger partial charge in [-0.15, -0.1) is 0 Å². The number of hydrogen-bond donors (Lipinski definition) is 1. The zero-order chi connectivity index (χ0) is 13.1. The first-order valence-corrected chi connectivity index (χ1v) is 6.22. The third-order valence-corrected chi connectivity index (χ3v) is 3.07. The Balaban J connectivity index is 2.30. The van der Waals surface area contributed by atoms with E-state index in [1.165, 1.54) is 0 Å². The van der Waals surface area contributed by atoms with Crippen molar-refractivity contribution in [2.24, 2.45) is 0 Å². The molecule has 0 bridgehead atoms. The zero-order valence-corrected chi connectivity index (χ0v) is 11.3. The van der Waals surface area contributed by atoms with Crippen LogP contribution in [0.2, 0.25) is 10.0 Å². The highest BCUT2D eigenvalue weighted by Gasteiger charge is 2.07. The third-order valence-electron chi connectivity index (χ3n) is 2.48. The molecule has 0 atom stereocenters. The topological polar surface area (TPSA) is 46.0 Å². The van der Waals surface area contributed by atoms with Crippen LogP contribution in [-0.4, -0.2) is 15.1 Å². The number of halogens is 2. The Morgan fingerprint density at radius 1 is 1.17 bits per heavy atom. The Labute approximate surface area is 115 Å². The molecule has 0 spiro atoms. The number of aliphatic hydroxyl groups is 1. The molecule has 1 N–H and O–H groups in total. The van der Waals surface area contributed by atoms with Gasteiger partial charge in [0, 0.05) is 22.2 Å². The highest BCUT2D eigenvalue weighted by molar-refractivity contribution is 6.35. The number of aromatic nitrogens is 2. The maximum absolute atomic E-state index is 9.11. The molecule has 0 unspecified atom stereocenters. The van der Waals surface area contributed by atoms with Gasteiger partial charge in [-0.1, -0.05) is 29.3 Å². The van der Waals surface area contributed by atoms with Gasteiger partial charge in [0.15, 0.2) is 0 Å². The van der Waals surface area contributed by atoms with Gasteiger partial charge in [0.2, 0.25) is 0 Å². The lowest BCUT2D eigenvalue weighted by Gasteiger charge is -2.06. The first kappa shape index (κ1) is 13.3. The molecule has 1 heterocycles. The maximum Gasteiger partial charge on any atom is 0.133 e. The summed E-state index contributed by atoms with van der Waals surface area (Å²) < 4.78 is 0. The lowest BCUT2D eigenvalue weighted by molar-refractivity contribution is 0.276. The van der Waals surface area contributed by atoms with E-state index in [9.17, 15) is 0 Å². The first-order chi connectivity index (χ1) is 8.58. The second-order valence-electron chi connectivity index (χ2n) is 3.99. The molecule has 0 aliphatic heterocycles. The number of aryl methyl sites for hydroxylation is 1. The fourth-order valence-corrected chi connectivity index (χ4v) is 2.17. The molecule has 0 radical (unpaired) electrons. The van der Waals surface area contributed by atoms with Gasteiger partial charge in [-0.3, -0.25) is 0 Å². The molecule has 2 rings (SSSR count). The Kier molecular flexibility index (Phi) is 4.17.